The molecule has 1 saturated carbocycles. The molecule has 1 fully saturated rings. The Kier molecular flexibility index (Phi) is 4.71. The second-order valence-electron chi connectivity index (χ2n) is 7.45. The molecule has 1 aliphatic rings. The SMILES string of the molecule is CC(C)CC1CCCC(C(C)(C)c2ccccc2)C1. The van der Waals surface area contributed by atoms with Crippen molar-refractivity contribution in [1.82, 2.24) is 0 Å². The number of rotatable bonds is 4. The first-order valence-corrected chi connectivity index (χ1v) is 8.05. The summed E-state index contributed by atoms with van der Waals surface area (Å²) in [5.74, 6) is 2.66. The maximum absolute atomic E-state index is 2.45. The van der Waals surface area contributed by atoms with Gasteiger partial charge in [-0.05, 0) is 48.0 Å². The largest absolute Gasteiger partial charge is 0.0628 e. The van der Waals surface area contributed by atoms with E-state index in [-0.39, 0.29) is 0 Å². The number of benzene rings is 1. The standard InChI is InChI=1S/C19H30/c1-15(2)13-16-9-8-12-18(14-16)19(3,4)17-10-6-5-7-11-17/h5-7,10-11,15-16,18H,8-9,12-14H2,1-4H3. The number of hydrogen-bond donors (Lipinski definition) is 0. The van der Waals surface area contributed by atoms with E-state index in [1.54, 1.807) is 0 Å². The van der Waals surface area contributed by atoms with Gasteiger partial charge in [0, 0.05) is 0 Å². The van der Waals surface area contributed by atoms with E-state index in [2.05, 4.69) is 58.0 Å². The third-order valence-corrected chi connectivity index (χ3v) is 5.13. The Morgan fingerprint density at radius 1 is 1.11 bits per heavy atom. The maximum atomic E-state index is 2.45. The molecule has 0 spiro atoms. The summed E-state index contributed by atoms with van der Waals surface area (Å²) < 4.78 is 0. The molecular formula is C19H30. The van der Waals surface area contributed by atoms with E-state index in [1.807, 2.05) is 0 Å². The van der Waals surface area contributed by atoms with Crippen molar-refractivity contribution in [2.24, 2.45) is 17.8 Å². The molecule has 0 saturated heterocycles. The van der Waals surface area contributed by atoms with Gasteiger partial charge in [-0.3, -0.25) is 0 Å². The lowest BCUT2D eigenvalue weighted by Gasteiger charge is -2.41. The second-order valence-corrected chi connectivity index (χ2v) is 7.45. The van der Waals surface area contributed by atoms with E-state index in [4.69, 9.17) is 0 Å². The lowest BCUT2D eigenvalue weighted by Crippen LogP contribution is -2.33. The van der Waals surface area contributed by atoms with Crippen molar-refractivity contribution in [2.75, 3.05) is 0 Å². The van der Waals surface area contributed by atoms with Crippen LogP contribution < -0.4 is 0 Å². The quantitative estimate of drug-likeness (QED) is 0.638. The highest BCUT2D eigenvalue weighted by atomic mass is 14.4. The minimum Gasteiger partial charge on any atom is -0.0628 e. The van der Waals surface area contributed by atoms with Gasteiger partial charge in [0.25, 0.3) is 0 Å². The highest BCUT2D eigenvalue weighted by molar-refractivity contribution is 5.24. The van der Waals surface area contributed by atoms with Gasteiger partial charge in [-0.25, -0.2) is 0 Å². The maximum Gasteiger partial charge on any atom is -0.00752 e. The average molecular weight is 258 g/mol. The predicted molar refractivity (Wildman–Crippen MR) is 84.4 cm³/mol. The first kappa shape index (κ1) is 14.6. The van der Waals surface area contributed by atoms with Crippen LogP contribution >= 0.6 is 0 Å². The van der Waals surface area contributed by atoms with Crippen LogP contribution in [-0.4, -0.2) is 0 Å². The first-order valence-electron chi connectivity index (χ1n) is 8.05. The van der Waals surface area contributed by atoms with Crippen molar-refractivity contribution in [3.8, 4) is 0 Å². The molecule has 106 valence electrons. The Balaban J connectivity index is 2.08. The smallest absolute Gasteiger partial charge is 0.00752 e. The lowest BCUT2D eigenvalue weighted by molar-refractivity contribution is 0.169. The van der Waals surface area contributed by atoms with E-state index in [1.165, 1.54) is 37.7 Å². The zero-order valence-electron chi connectivity index (χ0n) is 13.2. The van der Waals surface area contributed by atoms with Gasteiger partial charge in [0.1, 0.15) is 0 Å². The Hall–Kier alpha value is -0.780. The molecule has 0 radical (unpaired) electrons. The molecule has 0 aliphatic heterocycles. The molecule has 1 aliphatic carbocycles. The van der Waals surface area contributed by atoms with Gasteiger partial charge in [-0.1, -0.05) is 70.9 Å². The van der Waals surface area contributed by atoms with E-state index in [9.17, 15) is 0 Å². The Morgan fingerprint density at radius 2 is 1.79 bits per heavy atom. The van der Waals surface area contributed by atoms with Gasteiger partial charge >= 0.3 is 0 Å². The van der Waals surface area contributed by atoms with Crippen LogP contribution in [0.4, 0.5) is 0 Å². The van der Waals surface area contributed by atoms with Gasteiger partial charge in [-0.2, -0.15) is 0 Å². The van der Waals surface area contributed by atoms with E-state index < -0.39 is 0 Å². The molecule has 19 heavy (non-hydrogen) atoms. The van der Waals surface area contributed by atoms with Crippen LogP contribution in [0.15, 0.2) is 30.3 Å². The van der Waals surface area contributed by atoms with Gasteiger partial charge in [0.2, 0.25) is 0 Å². The molecule has 2 rings (SSSR count). The van der Waals surface area contributed by atoms with Crippen LogP contribution in [0, 0.1) is 17.8 Å². The zero-order valence-corrected chi connectivity index (χ0v) is 13.2. The molecule has 2 unspecified atom stereocenters. The molecule has 1 aromatic rings. The summed E-state index contributed by atoms with van der Waals surface area (Å²) in [4.78, 5) is 0. The van der Waals surface area contributed by atoms with Crippen molar-refractivity contribution in [2.45, 2.75) is 65.2 Å². The Bertz CT molecular complexity index is 374. The molecular weight excluding hydrogens is 228 g/mol. The molecule has 0 heteroatoms. The summed E-state index contributed by atoms with van der Waals surface area (Å²) in [6, 6.07) is 11.1. The van der Waals surface area contributed by atoms with Gasteiger partial charge in [0.05, 0.1) is 0 Å². The third-order valence-electron chi connectivity index (χ3n) is 5.13. The van der Waals surface area contributed by atoms with Crippen LogP contribution in [0.5, 0.6) is 0 Å². The fourth-order valence-corrected chi connectivity index (χ4v) is 3.93. The van der Waals surface area contributed by atoms with E-state index >= 15 is 0 Å². The zero-order chi connectivity index (χ0) is 13.9. The van der Waals surface area contributed by atoms with Crippen molar-refractivity contribution < 1.29 is 0 Å². The molecule has 0 aromatic heterocycles. The van der Waals surface area contributed by atoms with E-state index in [0.717, 1.165) is 17.8 Å². The molecule has 0 amide bonds. The lowest BCUT2D eigenvalue weighted by atomic mass is 9.64. The summed E-state index contributed by atoms with van der Waals surface area (Å²) in [6.45, 7) is 9.63. The first-order chi connectivity index (χ1) is 9.00. The normalized spacial score (nSPS) is 24.7. The second kappa shape index (κ2) is 6.11. The highest BCUT2D eigenvalue weighted by Crippen LogP contribution is 2.43. The summed E-state index contributed by atoms with van der Waals surface area (Å²) >= 11 is 0. The summed E-state index contributed by atoms with van der Waals surface area (Å²) in [5.41, 5.74) is 1.85. The number of hydrogen-bond acceptors (Lipinski definition) is 0. The minimum absolute atomic E-state index is 0.330. The van der Waals surface area contributed by atoms with Gasteiger partial charge < -0.3 is 0 Å². The molecule has 0 nitrogen and oxygen atoms in total. The fourth-order valence-electron chi connectivity index (χ4n) is 3.93. The van der Waals surface area contributed by atoms with Crippen molar-refractivity contribution in [1.29, 1.82) is 0 Å². The van der Waals surface area contributed by atoms with Crippen LogP contribution in [0.1, 0.15) is 65.4 Å². The Morgan fingerprint density at radius 3 is 2.42 bits per heavy atom. The van der Waals surface area contributed by atoms with Gasteiger partial charge in [-0.15, -0.1) is 0 Å². The molecule has 0 N–H and O–H groups in total. The van der Waals surface area contributed by atoms with Crippen molar-refractivity contribution in [3.63, 3.8) is 0 Å². The van der Waals surface area contributed by atoms with Crippen molar-refractivity contribution in [3.05, 3.63) is 35.9 Å². The molecule has 2 atom stereocenters. The average Bonchev–Trinajstić information content (AvgIpc) is 2.39. The summed E-state index contributed by atoms with van der Waals surface area (Å²) in [7, 11) is 0. The minimum atomic E-state index is 0.330. The third kappa shape index (κ3) is 3.61. The topological polar surface area (TPSA) is 0 Å². The highest BCUT2D eigenvalue weighted by Gasteiger charge is 2.35. The fraction of sp³-hybridized carbons (Fsp3) is 0.684. The van der Waals surface area contributed by atoms with Crippen LogP contribution in [-0.2, 0) is 5.41 Å². The van der Waals surface area contributed by atoms with E-state index in [0.29, 0.717) is 5.41 Å². The van der Waals surface area contributed by atoms with Crippen LogP contribution in [0.25, 0.3) is 0 Å². The molecule has 0 bridgehead atoms. The summed E-state index contributed by atoms with van der Waals surface area (Å²) in [6.07, 6.45) is 7.15. The summed E-state index contributed by atoms with van der Waals surface area (Å²) in [5, 5.41) is 0. The molecule has 0 heterocycles. The van der Waals surface area contributed by atoms with Crippen molar-refractivity contribution >= 4 is 0 Å². The molecule has 1 aromatic carbocycles. The predicted octanol–water partition coefficient (Wildman–Crippen LogP) is 5.82. The Labute approximate surface area is 119 Å². The van der Waals surface area contributed by atoms with Gasteiger partial charge in [0.15, 0.2) is 0 Å². The van der Waals surface area contributed by atoms with Crippen LogP contribution in [0.2, 0.25) is 0 Å². The monoisotopic (exact) mass is 258 g/mol. The van der Waals surface area contributed by atoms with Crippen LogP contribution in [0.3, 0.4) is 0 Å².